The van der Waals surface area contributed by atoms with E-state index in [2.05, 4.69) is 21.2 Å². The topological polar surface area (TPSA) is 84.9 Å². The number of methoxy groups -OCH3 is 1. The van der Waals surface area contributed by atoms with Gasteiger partial charge in [-0.15, -0.1) is 0 Å². The van der Waals surface area contributed by atoms with Crippen molar-refractivity contribution in [2.75, 3.05) is 31.1 Å². The molecule has 0 bridgehead atoms. The van der Waals surface area contributed by atoms with Gasteiger partial charge in [-0.1, -0.05) is 28.1 Å². The van der Waals surface area contributed by atoms with Crippen molar-refractivity contribution in [1.82, 2.24) is 5.32 Å². The van der Waals surface area contributed by atoms with Crippen molar-refractivity contribution in [3.63, 3.8) is 0 Å². The fourth-order valence-corrected chi connectivity index (χ4v) is 5.14. The lowest BCUT2D eigenvalue weighted by molar-refractivity contribution is -0.119. The summed E-state index contributed by atoms with van der Waals surface area (Å²) < 4.78 is 39.5. The summed E-state index contributed by atoms with van der Waals surface area (Å²) >= 11 is 3.32. The van der Waals surface area contributed by atoms with Crippen LogP contribution >= 0.6 is 15.9 Å². The van der Waals surface area contributed by atoms with E-state index in [1.165, 1.54) is 12.1 Å². The zero-order chi connectivity index (χ0) is 25.3. The van der Waals surface area contributed by atoms with Crippen LogP contribution in [0, 0.1) is 0 Å². The van der Waals surface area contributed by atoms with Gasteiger partial charge in [-0.05, 0) is 86.0 Å². The van der Waals surface area contributed by atoms with E-state index >= 15 is 0 Å². The predicted octanol–water partition coefficient (Wildman–Crippen LogP) is 4.80. The van der Waals surface area contributed by atoms with Crippen LogP contribution in [0.3, 0.4) is 0 Å². The number of hydrogen-bond donors (Lipinski definition) is 1. The fourth-order valence-electron chi connectivity index (χ4n) is 3.46. The van der Waals surface area contributed by atoms with Gasteiger partial charge in [0.25, 0.3) is 10.0 Å². The number of halogens is 1. The summed E-state index contributed by atoms with van der Waals surface area (Å²) in [6, 6.07) is 20.7. The lowest BCUT2D eigenvalue weighted by atomic mass is 10.1. The molecule has 186 valence electrons. The molecule has 0 saturated carbocycles. The van der Waals surface area contributed by atoms with Gasteiger partial charge in [0, 0.05) is 11.0 Å². The average molecular weight is 561 g/mol. The third-order valence-electron chi connectivity index (χ3n) is 5.22. The highest BCUT2D eigenvalue weighted by atomic mass is 79.9. The number of sulfonamides is 1. The summed E-state index contributed by atoms with van der Waals surface area (Å²) in [6.07, 6.45) is 1.47. The average Bonchev–Trinajstić information content (AvgIpc) is 2.86. The van der Waals surface area contributed by atoms with Crippen LogP contribution in [0.1, 0.15) is 18.9 Å². The molecule has 3 aromatic carbocycles. The second kappa shape index (κ2) is 12.6. The van der Waals surface area contributed by atoms with Crippen molar-refractivity contribution in [1.29, 1.82) is 0 Å². The molecule has 0 aliphatic heterocycles. The van der Waals surface area contributed by atoms with E-state index < -0.39 is 10.0 Å². The molecule has 0 saturated heterocycles. The lowest BCUT2D eigenvalue weighted by Crippen LogP contribution is -2.41. The number of rotatable bonds is 12. The van der Waals surface area contributed by atoms with E-state index in [-0.39, 0.29) is 17.3 Å². The van der Waals surface area contributed by atoms with Crippen molar-refractivity contribution in [2.45, 2.75) is 24.7 Å². The number of ether oxygens (including phenoxy) is 2. The van der Waals surface area contributed by atoms with Gasteiger partial charge in [0.2, 0.25) is 5.91 Å². The van der Waals surface area contributed by atoms with Gasteiger partial charge in [0.15, 0.2) is 0 Å². The molecule has 3 aromatic rings. The Labute approximate surface area is 215 Å². The predicted molar refractivity (Wildman–Crippen MR) is 141 cm³/mol. The number of nitrogens with zero attached hydrogens (tertiary/aromatic N) is 1. The molecule has 0 fully saturated rings. The van der Waals surface area contributed by atoms with E-state index in [0.717, 1.165) is 26.5 Å². The Kier molecular flexibility index (Phi) is 9.56. The van der Waals surface area contributed by atoms with Crippen molar-refractivity contribution in [3.8, 4) is 11.5 Å². The lowest BCUT2D eigenvalue weighted by Gasteiger charge is -2.24. The van der Waals surface area contributed by atoms with Crippen molar-refractivity contribution >= 4 is 37.5 Å². The highest BCUT2D eigenvalue weighted by molar-refractivity contribution is 9.10. The number of benzene rings is 3. The minimum atomic E-state index is -3.98. The Hall–Kier alpha value is -3.04. The minimum Gasteiger partial charge on any atom is -0.497 e. The number of carbonyl (C=O) groups excluding carboxylic acids is 1. The summed E-state index contributed by atoms with van der Waals surface area (Å²) in [7, 11) is -2.35. The van der Waals surface area contributed by atoms with Crippen LogP contribution in [0.2, 0.25) is 0 Å². The first-order valence-electron chi connectivity index (χ1n) is 11.2. The first kappa shape index (κ1) is 26.6. The zero-order valence-corrected chi connectivity index (χ0v) is 22.1. The molecule has 0 spiro atoms. The molecule has 0 radical (unpaired) electrons. The monoisotopic (exact) mass is 560 g/mol. The van der Waals surface area contributed by atoms with Crippen LogP contribution in [0.15, 0.2) is 82.2 Å². The molecule has 1 amide bonds. The molecule has 0 aliphatic rings. The number of amides is 1. The van der Waals surface area contributed by atoms with Crippen LogP contribution in [0.25, 0.3) is 0 Å². The smallest absolute Gasteiger partial charge is 0.264 e. The van der Waals surface area contributed by atoms with Gasteiger partial charge in [0.1, 0.15) is 18.0 Å². The highest BCUT2D eigenvalue weighted by Crippen LogP contribution is 2.26. The van der Waals surface area contributed by atoms with E-state index in [1.54, 1.807) is 43.5 Å². The molecule has 0 atom stereocenters. The number of anilines is 1. The van der Waals surface area contributed by atoms with Gasteiger partial charge < -0.3 is 14.8 Å². The second-order valence-electron chi connectivity index (χ2n) is 7.70. The molecular weight excluding hydrogens is 532 g/mol. The fraction of sp³-hybridized carbons (Fsp3) is 0.269. The molecule has 0 aliphatic carbocycles. The van der Waals surface area contributed by atoms with Gasteiger partial charge >= 0.3 is 0 Å². The Balaban J connectivity index is 1.71. The second-order valence-corrected chi connectivity index (χ2v) is 10.5. The van der Waals surface area contributed by atoms with Crippen molar-refractivity contribution < 1.29 is 22.7 Å². The molecule has 0 heterocycles. The summed E-state index contributed by atoms with van der Waals surface area (Å²) in [4.78, 5) is 12.9. The number of aryl methyl sites for hydroxylation is 1. The maximum atomic E-state index is 13.5. The molecule has 7 nitrogen and oxygen atoms in total. The Bertz CT molecular complexity index is 1220. The number of nitrogens with one attached hydrogen (secondary N) is 1. The highest BCUT2D eigenvalue weighted by Gasteiger charge is 2.27. The summed E-state index contributed by atoms with van der Waals surface area (Å²) in [6.45, 7) is 2.45. The zero-order valence-electron chi connectivity index (χ0n) is 19.7. The first-order chi connectivity index (χ1) is 16.8. The molecular formula is C26H29BrN2O5S. The molecule has 35 heavy (non-hydrogen) atoms. The van der Waals surface area contributed by atoms with Crippen molar-refractivity contribution in [2.24, 2.45) is 0 Å². The summed E-state index contributed by atoms with van der Waals surface area (Å²) in [5.74, 6) is 1.03. The van der Waals surface area contributed by atoms with Crippen LogP contribution in [-0.2, 0) is 21.2 Å². The molecule has 0 aromatic heterocycles. The van der Waals surface area contributed by atoms with Gasteiger partial charge in [-0.3, -0.25) is 9.10 Å². The summed E-state index contributed by atoms with van der Waals surface area (Å²) in [5, 5.41) is 2.84. The van der Waals surface area contributed by atoms with Gasteiger partial charge in [-0.2, -0.15) is 0 Å². The van der Waals surface area contributed by atoms with E-state index in [9.17, 15) is 13.2 Å². The molecule has 3 rings (SSSR count). The van der Waals surface area contributed by atoms with Crippen LogP contribution < -0.4 is 19.1 Å². The summed E-state index contributed by atoms with van der Waals surface area (Å²) in [5.41, 5.74) is 1.48. The SMILES string of the molecule is CCOc1ccc(N(CC(=O)NCCCc2cccc(OC)c2)S(=O)(=O)c2ccc(Br)cc2)cc1. The maximum Gasteiger partial charge on any atom is 0.264 e. The number of hydrogen-bond acceptors (Lipinski definition) is 5. The Morgan fingerprint density at radius 2 is 1.71 bits per heavy atom. The van der Waals surface area contributed by atoms with Crippen LogP contribution in [0.4, 0.5) is 5.69 Å². The van der Waals surface area contributed by atoms with E-state index in [1.807, 2.05) is 31.2 Å². The van der Waals surface area contributed by atoms with Gasteiger partial charge in [0.05, 0.1) is 24.3 Å². The normalized spacial score (nSPS) is 11.1. The van der Waals surface area contributed by atoms with Gasteiger partial charge in [-0.25, -0.2) is 8.42 Å². The largest absolute Gasteiger partial charge is 0.497 e. The first-order valence-corrected chi connectivity index (χ1v) is 13.5. The van der Waals surface area contributed by atoms with Crippen LogP contribution in [0.5, 0.6) is 11.5 Å². The quantitative estimate of drug-likeness (QED) is 0.321. The van der Waals surface area contributed by atoms with E-state index in [0.29, 0.717) is 31.0 Å². The maximum absolute atomic E-state index is 13.5. The standard InChI is InChI=1S/C26H29BrN2O5S/c1-3-34-23-13-11-22(12-14-23)29(35(31,32)25-15-9-21(27)10-16-25)19-26(30)28-17-5-7-20-6-4-8-24(18-20)33-2/h4,6,8-16,18H,3,5,7,17,19H2,1-2H3,(H,28,30). The van der Waals surface area contributed by atoms with E-state index in [4.69, 9.17) is 9.47 Å². The third-order valence-corrected chi connectivity index (χ3v) is 7.54. The Morgan fingerprint density at radius 3 is 2.37 bits per heavy atom. The molecule has 0 unspecified atom stereocenters. The molecule has 1 N–H and O–H groups in total. The number of carbonyl (C=O) groups is 1. The molecule has 9 heteroatoms. The van der Waals surface area contributed by atoms with Crippen molar-refractivity contribution in [3.05, 3.63) is 82.8 Å². The third kappa shape index (κ3) is 7.47. The van der Waals surface area contributed by atoms with Crippen LogP contribution in [-0.4, -0.2) is 41.1 Å². The minimum absolute atomic E-state index is 0.0976. The Morgan fingerprint density at radius 1 is 1.00 bits per heavy atom.